The molecule has 1 unspecified atom stereocenters. The average molecular weight is 272 g/mol. The van der Waals surface area contributed by atoms with Crippen LogP contribution >= 0.6 is 27.7 Å². The predicted molar refractivity (Wildman–Crippen MR) is 68.1 cm³/mol. The molecule has 1 saturated heterocycles. The zero-order valence-corrected chi connectivity index (χ0v) is 10.4. The van der Waals surface area contributed by atoms with Gasteiger partial charge in [0, 0.05) is 22.0 Å². The molecule has 14 heavy (non-hydrogen) atoms. The molecule has 3 heteroatoms. The van der Waals surface area contributed by atoms with Gasteiger partial charge in [-0.05, 0) is 46.7 Å². The molecule has 1 nitrogen and oxygen atoms in total. The molecular formula is C11H14BrNS. The van der Waals surface area contributed by atoms with E-state index in [2.05, 4.69) is 51.2 Å². The van der Waals surface area contributed by atoms with Crippen molar-refractivity contribution in [1.29, 1.82) is 0 Å². The van der Waals surface area contributed by atoms with Crippen LogP contribution in [0.3, 0.4) is 0 Å². The lowest BCUT2D eigenvalue weighted by Crippen LogP contribution is -2.25. The zero-order chi connectivity index (χ0) is 9.80. The fourth-order valence-corrected chi connectivity index (χ4v) is 3.12. The van der Waals surface area contributed by atoms with Crippen LogP contribution in [0.15, 0.2) is 28.7 Å². The molecule has 0 spiro atoms. The minimum absolute atomic E-state index is 0.646. The summed E-state index contributed by atoms with van der Waals surface area (Å²) in [5.74, 6) is 2.56. The van der Waals surface area contributed by atoms with Gasteiger partial charge in [-0.25, -0.2) is 0 Å². The Hall–Kier alpha value is -0.150. The second-order valence-electron chi connectivity index (χ2n) is 3.54. The maximum absolute atomic E-state index is 3.58. The van der Waals surface area contributed by atoms with Gasteiger partial charge in [-0.3, -0.25) is 0 Å². The van der Waals surface area contributed by atoms with Gasteiger partial charge in [0.2, 0.25) is 0 Å². The standard InChI is InChI=1S/C11H14BrNS/c12-10-5-1-2-6-11(10)13-9-4-3-7-14-8-9/h1-2,5-6,9,13H,3-4,7-8H2. The first-order valence-corrected chi connectivity index (χ1v) is 6.90. The summed E-state index contributed by atoms with van der Waals surface area (Å²) in [7, 11) is 0. The monoisotopic (exact) mass is 271 g/mol. The third-order valence-corrected chi connectivity index (χ3v) is 4.30. The number of hydrogen-bond acceptors (Lipinski definition) is 2. The van der Waals surface area contributed by atoms with Crippen LogP contribution in [0.4, 0.5) is 5.69 Å². The Bertz CT molecular complexity index is 297. The van der Waals surface area contributed by atoms with Crippen LogP contribution in [0.5, 0.6) is 0 Å². The Morgan fingerprint density at radius 1 is 1.36 bits per heavy atom. The number of hydrogen-bond donors (Lipinski definition) is 1. The number of anilines is 1. The Morgan fingerprint density at radius 2 is 2.21 bits per heavy atom. The van der Waals surface area contributed by atoms with Crippen LogP contribution in [0, 0.1) is 0 Å². The van der Waals surface area contributed by atoms with Crippen molar-refractivity contribution in [2.24, 2.45) is 0 Å². The Balaban J connectivity index is 1.99. The first-order valence-electron chi connectivity index (χ1n) is 4.95. The van der Waals surface area contributed by atoms with Gasteiger partial charge in [0.25, 0.3) is 0 Å². The number of benzene rings is 1. The van der Waals surface area contributed by atoms with Crippen LogP contribution in [-0.2, 0) is 0 Å². The van der Waals surface area contributed by atoms with Crippen molar-refractivity contribution in [3.05, 3.63) is 28.7 Å². The number of nitrogens with one attached hydrogen (secondary N) is 1. The molecule has 2 rings (SSSR count). The SMILES string of the molecule is Brc1ccccc1NC1CCCSC1. The molecule has 0 aromatic heterocycles. The van der Waals surface area contributed by atoms with Crippen LogP contribution in [0.2, 0.25) is 0 Å². The van der Waals surface area contributed by atoms with Gasteiger partial charge in [-0.2, -0.15) is 11.8 Å². The van der Waals surface area contributed by atoms with Crippen LogP contribution in [-0.4, -0.2) is 17.5 Å². The maximum Gasteiger partial charge on any atom is 0.0487 e. The minimum Gasteiger partial charge on any atom is -0.381 e. The van der Waals surface area contributed by atoms with Crippen molar-refractivity contribution in [1.82, 2.24) is 0 Å². The molecule has 1 fully saturated rings. The van der Waals surface area contributed by atoms with Crippen LogP contribution in [0.1, 0.15) is 12.8 Å². The first-order chi connectivity index (χ1) is 6.86. The largest absolute Gasteiger partial charge is 0.381 e. The Kier molecular flexibility index (Phi) is 3.76. The van der Waals surface area contributed by atoms with Crippen molar-refractivity contribution in [3.63, 3.8) is 0 Å². The second-order valence-corrected chi connectivity index (χ2v) is 5.54. The fourth-order valence-electron chi connectivity index (χ4n) is 1.65. The molecule has 1 N–H and O–H groups in total. The highest BCUT2D eigenvalue weighted by molar-refractivity contribution is 9.10. The number of rotatable bonds is 2. The smallest absolute Gasteiger partial charge is 0.0487 e. The quantitative estimate of drug-likeness (QED) is 0.879. The summed E-state index contributed by atoms with van der Waals surface area (Å²) in [4.78, 5) is 0. The summed E-state index contributed by atoms with van der Waals surface area (Å²) >= 11 is 5.60. The van der Waals surface area contributed by atoms with Gasteiger partial charge < -0.3 is 5.32 Å². The highest BCUT2D eigenvalue weighted by Gasteiger charge is 2.13. The van der Waals surface area contributed by atoms with E-state index in [4.69, 9.17) is 0 Å². The highest BCUT2D eigenvalue weighted by atomic mass is 79.9. The minimum atomic E-state index is 0.646. The summed E-state index contributed by atoms with van der Waals surface area (Å²) in [5.41, 5.74) is 1.22. The average Bonchev–Trinajstić information content (AvgIpc) is 2.23. The van der Waals surface area contributed by atoms with E-state index in [1.165, 1.54) is 30.0 Å². The molecule has 1 aromatic carbocycles. The van der Waals surface area contributed by atoms with Crippen LogP contribution < -0.4 is 5.32 Å². The van der Waals surface area contributed by atoms with E-state index >= 15 is 0 Å². The molecule has 76 valence electrons. The van der Waals surface area contributed by atoms with Crippen molar-refractivity contribution < 1.29 is 0 Å². The van der Waals surface area contributed by atoms with Crippen molar-refractivity contribution in [2.45, 2.75) is 18.9 Å². The Morgan fingerprint density at radius 3 is 2.93 bits per heavy atom. The van der Waals surface area contributed by atoms with Crippen molar-refractivity contribution in [2.75, 3.05) is 16.8 Å². The van der Waals surface area contributed by atoms with Gasteiger partial charge in [-0.1, -0.05) is 12.1 Å². The van der Waals surface area contributed by atoms with E-state index < -0.39 is 0 Å². The summed E-state index contributed by atoms with van der Waals surface area (Å²) in [6.07, 6.45) is 2.64. The third kappa shape index (κ3) is 2.67. The number of para-hydroxylation sites is 1. The molecule has 1 aliphatic heterocycles. The van der Waals surface area contributed by atoms with Crippen molar-refractivity contribution in [3.8, 4) is 0 Å². The highest BCUT2D eigenvalue weighted by Crippen LogP contribution is 2.25. The molecule has 0 bridgehead atoms. The fraction of sp³-hybridized carbons (Fsp3) is 0.455. The lowest BCUT2D eigenvalue weighted by molar-refractivity contribution is 0.685. The molecule has 0 amide bonds. The van der Waals surface area contributed by atoms with Gasteiger partial charge in [0.1, 0.15) is 0 Å². The van der Waals surface area contributed by atoms with E-state index in [9.17, 15) is 0 Å². The predicted octanol–water partition coefficient (Wildman–Crippen LogP) is 3.76. The number of halogens is 1. The molecule has 1 heterocycles. The molecular weight excluding hydrogens is 258 g/mol. The van der Waals surface area contributed by atoms with Gasteiger partial charge in [0.15, 0.2) is 0 Å². The van der Waals surface area contributed by atoms with E-state index in [1.54, 1.807) is 0 Å². The molecule has 1 atom stereocenters. The van der Waals surface area contributed by atoms with E-state index in [1.807, 2.05) is 6.07 Å². The van der Waals surface area contributed by atoms with Crippen molar-refractivity contribution >= 4 is 33.4 Å². The summed E-state index contributed by atoms with van der Waals surface area (Å²) < 4.78 is 1.16. The molecule has 1 aromatic rings. The molecule has 0 radical (unpaired) electrons. The summed E-state index contributed by atoms with van der Waals surface area (Å²) in [6.45, 7) is 0. The zero-order valence-electron chi connectivity index (χ0n) is 8.00. The third-order valence-electron chi connectivity index (χ3n) is 2.39. The Labute approximate surface area is 97.8 Å². The lowest BCUT2D eigenvalue weighted by atomic mass is 10.2. The summed E-state index contributed by atoms with van der Waals surface area (Å²) in [6, 6.07) is 8.97. The molecule has 0 aliphatic carbocycles. The van der Waals surface area contributed by atoms with E-state index in [-0.39, 0.29) is 0 Å². The van der Waals surface area contributed by atoms with Gasteiger partial charge in [-0.15, -0.1) is 0 Å². The van der Waals surface area contributed by atoms with Gasteiger partial charge in [0.05, 0.1) is 0 Å². The normalized spacial score (nSPS) is 21.9. The first kappa shape index (κ1) is 10.4. The van der Waals surface area contributed by atoms with E-state index in [0.717, 1.165) is 4.47 Å². The topological polar surface area (TPSA) is 12.0 Å². The second kappa shape index (κ2) is 5.08. The van der Waals surface area contributed by atoms with E-state index in [0.29, 0.717) is 6.04 Å². The summed E-state index contributed by atoms with van der Waals surface area (Å²) in [5, 5.41) is 3.58. The maximum atomic E-state index is 3.58. The molecule has 1 aliphatic rings. The van der Waals surface area contributed by atoms with Gasteiger partial charge >= 0.3 is 0 Å². The lowest BCUT2D eigenvalue weighted by Gasteiger charge is -2.24. The van der Waals surface area contributed by atoms with Crippen LogP contribution in [0.25, 0.3) is 0 Å². The number of thioether (sulfide) groups is 1. The molecule has 0 saturated carbocycles.